The van der Waals surface area contributed by atoms with E-state index in [1.54, 1.807) is 13.0 Å². The largest absolute Gasteiger partial charge is 0.506 e. The lowest BCUT2D eigenvalue weighted by Gasteiger charge is -2.13. The Bertz CT molecular complexity index is 376. The van der Waals surface area contributed by atoms with Crippen molar-refractivity contribution in [1.82, 2.24) is 5.32 Å². The highest BCUT2D eigenvalue weighted by atomic mass is 79.9. The molecule has 0 aliphatic carbocycles. The fraction of sp³-hybridized carbons (Fsp3) is 0.500. The molecule has 0 amide bonds. The van der Waals surface area contributed by atoms with Crippen molar-refractivity contribution in [1.29, 1.82) is 0 Å². The van der Waals surface area contributed by atoms with Crippen molar-refractivity contribution in [2.45, 2.75) is 19.8 Å². The fourth-order valence-electron chi connectivity index (χ4n) is 2.17. The SMILES string of the molecule is Cc1cc(Br)c(O)c(CC2CCNC2)c1F. The lowest BCUT2D eigenvalue weighted by atomic mass is 9.96. The second kappa shape index (κ2) is 4.72. The van der Waals surface area contributed by atoms with Gasteiger partial charge >= 0.3 is 0 Å². The van der Waals surface area contributed by atoms with E-state index >= 15 is 0 Å². The maximum atomic E-state index is 13.9. The summed E-state index contributed by atoms with van der Waals surface area (Å²) < 4.78 is 14.5. The maximum absolute atomic E-state index is 13.9. The highest BCUT2D eigenvalue weighted by Crippen LogP contribution is 2.34. The topological polar surface area (TPSA) is 32.3 Å². The van der Waals surface area contributed by atoms with E-state index in [2.05, 4.69) is 21.2 Å². The molecule has 0 radical (unpaired) electrons. The molecule has 88 valence electrons. The summed E-state index contributed by atoms with van der Waals surface area (Å²) in [6.07, 6.45) is 1.65. The molecular weight excluding hydrogens is 273 g/mol. The summed E-state index contributed by atoms with van der Waals surface area (Å²) in [6.45, 7) is 3.61. The van der Waals surface area contributed by atoms with Gasteiger partial charge in [-0.3, -0.25) is 0 Å². The molecule has 0 aromatic heterocycles. The molecule has 1 unspecified atom stereocenters. The highest BCUT2D eigenvalue weighted by Gasteiger charge is 2.21. The second-order valence-corrected chi connectivity index (χ2v) is 5.23. The molecule has 1 aromatic rings. The fourth-order valence-corrected chi connectivity index (χ4v) is 2.75. The van der Waals surface area contributed by atoms with Gasteiger partial charge < -0.3 is 10.4 Å². The third-order valence-electron chi connectivity index (χ3n) is 3.12. The van der Waals surface area contributed by atoms with Crippen molar-refractivity contribution < 1.29 is 9.50 Å². The molecule has 0 saturated carbocycles. The van der Waals surface area contributed by atoms with E-state index in [4.69, 9.17) is 0 Å². The predicted molar refractivity (Wildman–Crippen MR) is 65.2 cm³/mol. The number of hydrogen-bond acceptors (Lipinski definition) is 2. The minimum Gasteiger partial charge on any atom is -0.506 e. The van der Waals surface area contributed by atoms with Crippen LogP contribution in [0.15, 0.2) is 10.5 Å². The highest BCUT2D eigenvalue weighted by molar-refractivity contribution is 9.10. The normalized spacial score (nSPS) is 20.3. The standard InChI is InChI=1S/C12H15BrFNO/c1-7-4-10(13)12(16)9(11(7)14)5-8-2-3-15-6-8/h4,8,15-16H,2-3,5-6H2,1H3. The molecule has 1 fully saturated rings. The first-order valence-corrected chi connectivity index (χ1v) is 6.26. The van der Waals surface area contributed by atoms with Crippen LogP contribution in [-0.2, 0) is 6.42 Å². The molecule has 2 nitrogen and oxygen atoms in total. The molecule has 1 heterocycles. The van der Waals surface area contributed by atoms with Crippen LogP contribution in [0.2, 0.25) is 0 Å². The third kappa shape index (κ3) is 2.23. The van der Waals surface area contributed by atoms with Crippen molar-refractivity contribution in [3.63, 3.8) is 0 Å². The Labute approximate surface area is 103 Å². The first-order valence-electron chi connectivity index (χ1n) is 5.46. The van der Waals surface area contributed by atoms with Crippen molar-refractivity contribution in [3.05, 3.63) is 27.5 Å². The summed E-state index contributed by atoms with van der Waals surface area (Å²) in [5.74, 6) is 0.205. The molecule has 1 atom stereocenters. The van der Waals surface area contributed by atoms with E-state index in [1.807, 2.05) is 0 Å². The minimum atomic E-state index is -0.271. The van der Waals surface area contributed by atoms with E-state index in [9.17, 15) is 9.50 Å². The summed E-state index contributed by atoms with van der Waals surface area (Å²) in [6, 6.07) is 1.61. The predicted octanol–water partition coefficient (Wildman–Crippen LogP) is 2.75. The van der Waals surface area contributed by atoms with Gasteiger partial charge in [0.2, 0.25) is 0 Å². The van der Waals surface area contributed by atoms with Crippen LogP contribution in [0.25, 0.3) is 0 Å². The average molecular weight is 288 g/mol. The molecule has 1 saturated heterocycles. The summed E-state index contributed by atoms with van der Waals surface area (Å²) in [5, 5.41) is 13.1. The molecule has 1 aromatic carbocycles. The molecule has 0 spiro atoms. The Morgan fingerprint density at radius 3 is 3.00 bits per heavy atom. The smallest absolute Gasteiger partial charge is 0.135 e. The van der Waals surface area contributed by atoms with Crippen molar-refractivity contribution >= 4 is 15.9 Å². The van der Waals surface area contributed by atoms with Crippen LogP contribution < -0.4 is 5.32 Å². The van der Waals surface area contributed by atoms with Crippen molar-refractivity contribution in [2.24, 2.45) is 5.92 Å². The van der Waals surface area contributed by atoms with Gasteiger partial charge in [-0.2, -0.15) is 0 Å². The third-order valence-corrected chi connectivity index (χ3v) is 3.73. The summed E-state index contributed by atoms with van der Waals surface area (Å²) in [5.41, 5.74) is 1.02. The maximum Gasteiger partial charge on any atom is 0.135 e. The lowest BCUT2D eigenvalue weighted by molar-refractivity contribution is 0.442. The van der Waals surface area contributed by atoms with Crippen LogP contribution in [0.3, 0.4) is 0 Å². The van der Waals surface area contributed by atoms with Gasteiger partial charge in [0.15, 0.2) is 0 Å². The number of halogens is 2. The van der Waals surface area contributed by atoms with Crippen LogP contribution >= 0.6 is 15.9 Å². The number of phenols is 1. The van der Waals surface area contributed by atoms with E-state index in [0.717, 1.165) is 19.5 Å². The Balaban J connectivity index is 2.31. The van der Waals surface area contributed by atoms with E-state index in [0.29, 0.717) is 27.9 Å². The molecular formula is C12H15BrFNO. The van der Waals surface area contributed by atoms with Crippen LogP contribution in [0, 0.1) is 18.7 Å². The van der Waals surface area contributed by atoms with Crippen LogP contribution in [-0.4, -0.2) is 18.2 Å². The van der Waals surface area contributed by atoms with E-state index < -0.39 is 0 Å². The van der Waals surface area contributed by atoms with E-state index in [1.165, 1.54) is 0 Å². The average Bonchev–Trinajstić information content (AvgIpc) is 2.74. The van der Waals surface area contributed by atoms with E-state index in [-0.39, 0.29) is 11.6 Å². The van der Waals surface area contributed by atoms with Gasteiger partial charge in [-0.15, -0.1) is 0 Å². The van der Waals surface area contributed by atoms with Gasteiger partial charge in [0.25, 0.3) is 0 Å². The Morgan fingerprint density at radius 2 is 2.38 bits per heavy atom. The number of aryl methyl sites for hydroxylation is 1. The zero-order chi connectivity index (χ0) is 11.7. The summed E-state index contributed by atoms with van der Waals surface area (Å²) in [4.78, 5) is 0. The Hall–Kier alpha value is -0.610. The number of nitrogens with one attached hydrogen (secondary N) is 1. The van der Waals surface area contributed by atoms with Crippen molar-refractivity contribution in [3.8, 4) is 5.75 Å². The van der Waals surface area contributed by atoms with Crippen LogP contribution in [0.1, 0.15) is 17.5 Å². The van der Waals surface area contributed by atoms with Gasteiger partial charge in [-0.05, 0) is 66.3 Å². The number of rotatable bonds is 2. The quantitative estimate of drug-likeness (QED) is 0.877. The molecule has 16 heavy (non-hydrogen) atoms. The zero-order valence-corrected chi connectivity index (χ0v) is 10.8. The zero-order valence-electron chi connectivity index (χ0n) is 9.19. The van der Waals surface area contributed by atoms with Crippen LogP contribution in [0.5, 0.6) is 5.75 Å². The number of benzene rings is 1. The van der Waals surface area contributed by atoms with Gasteiger partial charge in [0.05, 0.1) is 4.47 Å². The van der Waals surface area contributed by atoms with Crippen LogP contribution in [0.4, 0.5) is 4.39 Å². The van der Waals surface area contributed by atoms with Crippen molar-refractivity contribution in [2.75, 3.05) is 13.1 Å². The van der Waals surface area contributed by atoms with Gasteiger partial charge in [-0.25, -0.2) is 4.39 Å². The summed E-state index contributed by atoms with van der Waals surface area (Å²) in [7, 11) is 0. The molecule has 4 heteroatoms. The molecule has 1 aliphatic rings. The first-order chi connectivity index (χ1) is 7.59. The number of aromatic hydroxyl groups is 1. The summed E-state index contributed by atoms with van der Waals surface area (Å²) >= 11 is 3.25. The number of phenolic OH excluding ortho intramolecular Hbond substituents is 1. The lowest BCUT2D eigenvalue weighted by Crippen LogP contribution is -2.12. The Kier molecular flexibility index (Phi) is 3.50. The first kappa shape index (κ1) is 11.9. The second-order valence-electron chi connectivity index (χ2n) is 4.38. The molecule has 2 N–H and O–H groups in total. The minimum absolute atomic E-state index is 0.0509. The molecule has 0 bridgehead atoms. The van der Waals surface area contributed by atoms with Gasteiger partial charge in [-0.1, -0.05) is 0 Å². The molecule has 1 aliphatic heterocycles. The Morgan fingerprint density at radius 1 is 1.62 bits per heavy atom. The monoisotopic (exact) mass is 287 g/mol. The van der Waals surface area contributed by atoms with Gasteiger partial charge in [0, 0.05) is 5.56 Å². The molecule has 2 rings (SSSR count). The number of hydrogen-bond donors (Lipinski definition) is 2. The van der Waals surface area contributed by atoms with Gasteiger partial charge in [0.1, 0.15) is 11.6 Å².